The Bertz CT molecular complexity index is 690. The Hall–Kier alpha value is -1.89. The molecule has 2 fully saturated rings. The summed E-state index contributed by atoms with van der Waals surface area (Å²) >= 11 is 1.57. The Labute approximate surface area is 140 Å². The zero-order chi connectivity index (χ0) is 15.6. The smallest absolute Gasteiger partial charge is 0.189 e. The molecule has 4 rings (SSSR count). The van der Waals surface area contributed by atoms with Crippen LogP contribution in [0.2, 0.25) is 0 Å². The predicted molar refractivity (Wildman–Crippen MR) is 92.1 cm³/mol. The van der Waals surface area contributed by atoms with Gasteiger partial charge in [-0.15, -0.1) is 0 Å². The number of hydrogen-bond acceptors (Lipinski definition) is 7. The number of nitrogens with zero attached hydrogens (tertiary/aromatic N) is 5. The van der Waals surface area contributed by atoms with Gasteiger partial charge in [0.25, 0.3) is 0 Å². The van der Waals surface area contributed by atoms with Crippen molar-refractivity contribution in [3.05, 3.63) is 30.4 Å². The summed E-state index contributed by atoms with van der Waals surface area (Å²) in [5, 5.41) is 4.37. The lowest BCUT2D eigenvalue weighted by Crippen LogP contribution is -2.27. The molecular weight excluding hydrogens is 308 g/mol. The van der Waals surface area contributed by atoms with E-state index < -0.39 is 0 Å². The molecule has 1 aliphatic heterocycles. The molecule has 7 heteroatoms. The second kappa shape index (κ2) is 6.31. The van der Waals surface area contributed by atoms with Gasteiger partial charge in [0.2, 0.25) is 0 Å². The van der Waals surface area contributed by atoms with Crippen molar-refractivity contribution in [2.24, 2.45) is 0 Å². The molecule has 0 radical (unpaired) electrons. The minimum Gasteiger partial charge on any atom is -0.365 e. The molecule has 120 valence electrons. The van der Waals surface area contributed by atoms with Gasteiger partial charge in [-0.3, -0.25) is 0 Å². The van der Waals surface area contributed by atoms with Crippen LogP contribution < -0.4 is 10.2 Å². The van der Waals surface area contributed by atoms with E-state index in [1.165, 1.54) is 12.8 Å². The summed E-state index contributed by atoms with van der Waals surface area (Å²) < 4.78 is 0. The molecule has 2 aliphatic rings. The van der Waals surface area contributed by atoms with Crippen LogP contribution in [0.3, 0.4) is 0 Å². The molecule has 1 unspecified atom stereocenters. The maximum atomic E-state index is 4.65. The zero-order valence-electron chi connectivity index (χ0n) is 13.1. The summed E-state index contributed by atoms with van der Waals surface area (Å²) in [6.45, 7) is 1.94. The van der Waals surface area contributed by atoms with Crippen LogP contribution in [0.5, 0.6) is 0 Å². The Morgan fingerprint density at radius 1 is 1.13 bits per heavy atom. The van der Waals surface area contributed by atoms with Crippen molar-refractivity contribution in [2.75, 3.05) is 29.6 Å². The molecule has 3 heterocycles. The molecule has 0 spiro atoms. The highest BCUT2D eigenvalue weighted by molar-refractivity contribution is 7.98. The van der Waals surface area contributed by atoms with Gasteiger partial charge in [-0.25, -0.2) is 19.9 Å². The Morgan fingerprint density at radius 3 is 2.83 bits per heavy atom. The van der Waals surface area contributed by atoms with Gasteiger partial charge in [-0.05, 0) is 37.7 Å². The van der Waals surface area contributed by atoms with E-state index in [9.17, 15) is 0 Å². The molecule has 1 saturated heterocycles. The van der Waals surface area contributed by atoms with Crippen molar-refractivity contribution in [3.63, 3.8) is 0 Å². The first-order valence-electron chi connectivity index (χ1n) is 8.03. The molecule has 23 heavy (non-hydrogen) atoms. The summed E-state index contributed by atoms with van der Waals surface area (Å²) in [6, 6.07) is 4.34. The third-order valence-corrected chi connectivity index (χ3v) is 4.84. The number of rotatable bonds is 5. The second-order valence-electron chi connectivity index (χ2n) is 6.05. The van der Waals surface area contributed by atoms with Crippen LogP contribution in [0.1, 0.15) is 31.0 Å². The van der Waals surface area contributed by atoms with Crippen molar-refractivity contribution in [1.29, 1.82) is 0 Å². The van der Waals surface area contributed by atoms with E-state index in [4.69, 9.17) is 0 Å². The van der Waals surface area contributed by atoms with Gasteiger partial charge in [0.1, 0.15) is 17.5 Å². The highest BCUT2D eigenvalue weighted by Gasteiger charge is 2.27. The van der Waals surface area contributed by atoms with Gasteiger partial charge in [-0.1, -0.05) is 11.8 Å². The van der Waals surface area contributed by atoms with E-state index in [0.717, 1.165) is 42.1 Å². The number of aromatic nitrogens is 4. The molecule has 0 amide bonds. The molecule has 1 N–H and O–H groups in total. The topological polar surface area (TPSA) is 66.8 Å². The first-order valence-corrected chi connectivity index (χ1v) is 9.26. The van der Waals surface area contributed by atoms with Gasteiger partial charge in [0.15, 0.2) is 5.16 Å². The number of hydrogen-bond donors (Lipinski definition) is 1. The summed E-state index contributed by atoms with van der Waals surface area (Å²) in [6.07, 6.45) is 9.24. The van der Waals surface area contributed by atoms with Crippen LogP contribution in [0.4, 0.5) is 11.6 Å². The maximum Gasteiger partial charge on any atom is 0.189 e. The summed E-state index contributed by atoms with van der Waals surface area (Å²) in [4.78, 5) is 20.2. The number of anilines is 2. The molecule has 0 aromatic carbocycles. The summed E-state index contributed by atoms with van der Waals surface area (Å²) in [5.41, 5.74) is 0. The Kier molecular flexibility index (Phi) is 4.03. The fraction of sp³-hybridized carbons (Fsp3) is 0.500. The van der Waals surface area contributed by atoms with Gasteiger partial charge >= 0.3 is 0 Å². The molecule has 2 aromatic heterocycles. The fourth-order valence-corrected chi connectivity index (χ4v) is 3.25. The first kappa shape index (κ1) is 14.7. The molecular formula is C16H20N6S. The quantitative estimate of drug-likeness (QED) is 0.668. The van der Waals surface area contributed by atoms with Crippen LogP contribution in [-0.2, 0) is 0 Å². The van der Waals surface area contributed by atoms with Gasteiger partial charge in [0, 0.05) is 37.4 Å². The standard InChI is InChI=1S/C16H20N6S/c1-23-16-18-8-5-14(21-16)22-9-6-12(10-22)19-13-4-7-17-15(20-13)11-2-3-11/h4-5,7-8,11-12H,2-3,6,9-10H2,1H3,(H,17,19,20). The average Bonchev–Trinajstić information content (AvgIpc) is 3.35. The highest BCUT2D eigenvalue weighted by atomic mass is 32.2. The Morgan fingerprint density at radius 2 is 2.00 bits per heavy atom. The van der Waals surface area contributed by atoms with E-state index in [1.54, 1.807) is 11.8 Å². The molecule has 1 aliphatic carbocycles. The van der Waals surface area contributed by atoms with E-state index in [0.29, 0.717) is 12.0 Å². The molecule has 1 saturated carbocycles. The van der Waals surface area contributed by atoms with Crippen molar-refractivity contribution in [1.82, 2.24) is 19.9 Å². The van der Waals surface area contributed by atoms with E-state index in [1.807, 2.05) is 30.8 Å². The van der Waals surface area contributed by atoms with E-state index in [2.05, 4.69) is 30.2 Å². The molecule has 1 atom stereocenters. The van der Waals surface area contributed by atoms with E-state index >= 15 is 0 Å². The van der Waals surface area contributed by atoms with Crippen molar-refractivity contribution in [2.45, 2.75) is 36.4 Å². The van der Waals surface area contributed by atoms with Crippen LogP contribution in [0.25, 0.3) is 0 Å². The van der Waals surface area contributed by atoms with Crippen molar-refractivity contribution >= 4 is 23.4 Å². The minimum atomic E-state index is 0.393. The number of thioether (sulfide) groups is 1. The van der Waals surface area contributed by atoms with Crippen LogP contribution in [0, 0.1) is 0 Å². The van der Waals surface area contributed by atoms with Gasteiger partial charge in [0.05, 0.1) is 0 Å². The predicted octanol–water partition coefficient (Wildman–Crippen LogP) is 2.56. The molecule has 0 bridgehead atoms. The average molecular weight is 328 g/mol. The number of nitrogens with one attached hydrogen (secondary N) is 1. The minimum absolute atomic E-state index is 0.393. The Balaban J connectivity index is 1.41. The van der Waals surface area contributed by atoms with Crippen LogP contribution in [-0.4, -0.2) is 45.3 Å². The molecule has 6 nitrogen and oxygen atoms in total. The fourth-order valence-electron chi connectivity index (χ4n) is 2.89. The first-order chi connectivity index (χ1) is 11.3. The van der Waals surface area contributed by atoms with E-state index in [-0.39, 0.29) is 0 Å². The van der Waals surface area contributed by atoms with Crippen molar-refractivity contribution < 1.29 is 0 Å². The maximum absolute atomic E-state index is 4.65. The highest BCUT2D eigenvalue weighted by Crippen LogP contribution is 2.38. The van der Waals surface area contributed by atoms with Crippen LogP contribution in [0.15, 0.2) is 29.7 Å². The lowest BCUT2D eigenvalue weighted by atomic mass is 10.2. The molecule has 2 aromatic rings. The van der Waals surface area contributed by atoms with Crippen molar-refractivity contribution in [3.8, 4) is 0 Å². The SMILES string of the molecule is CSc1nccc(N2CCC(Nc3ccnc(C4CC4)n3)C2)n1. The second-order valence-corrected chi connectivity index (χ2v) is 6.83. The zero-order valence-corrected chi connectivity index (χ0v) is 14.0. The third-order valence-electron chi connectivity index (χ3n) is 4.28. The third kappa shape index (κ3) is 3.39. The van der Waals surface area contributed by atoms with Crippen LogP contribution >= 0.6 is 11.8 Å². The monoisotopic (exact) mass is 328 g/mol. The summed E-state index contributed by atoms with van der Waals surface area (Å²) in [7, 11) is 0. The lowest BCUT2D eigenvalue weighted by molar-refractivity contribution is 0.791. The lowest BCUT2D eigenvalue weighted by Gasteiger charge is -2.18. The normalized spacial score (nSPS) is 20.7. The van der Waals surface area contributed by atoms with Gasteiger partial charge < -0.3 is 10.2 Å². The largest absolute Gasteiger partial charge is 0.365 e. The summed E-state index contributed by atoms with van der Waals surface area (Å²) in [5.74, 6) is 3.53. The van der Waals surface area contributed by atoms with Gasteiger partial charge in [-0.2, -0.15) is 0 Å².